The van der Waals surface area contributed by atoms with Gasteiger partial charge in [0.15, 0.2) is 0 Å². The van der Waals surface area contributed by atoms with E-state index in [1.807, 2.05) is 0 Å². The highest BCUT2D eigenvalue weighted by Gasteiger charge is 2.16. The fraction of sp³-hybridized carbons (Fsp3) is 0.667. The van der Waals surface area contributed by atoms with Crippen molar-refractivity contribution in [2.24, 2.45) is 0 Å². The van der Waals surface area contributed by atoms with Crippen molar-refractivity contribution in [3.63, 3.8) is 0 Å². The fourth-order valence-corrected chi connectivity index (χ4v) is 0.564. The molecule has 0 aromatic heterocycles. The third kappa shape index (κ3) is 8.72. The van der Waals surface area contributed by atoms with Crippen molar-refractivity contribution in [1.82, 2.24) is 0 Å². The summed E-state index contributed by atoms with van der Waals surface area (Å²) in [6, 6.07) is 0. The molecule has 0 aromatic rings. The Bertz CT molecular complexity index is 179. The Labute approximate surface area is 78.2 Å². The molecule has 1 N–H and O–H groups in total. The molecule has 0 heterocycles. The van der Waals surface area contributed by atoms with E-state index in [1.54, 1.807) is 20.8 Å². The van der Waals surface area contributed by atoms with Gasteiger partial charge in [-0.05, 0) is 26.8 Å². The molecule has 13 heavy (non-hydrogen) atoms. The molecule has 0 amide bonds. The minimum Gasteiger partial charge on any atom is -0.516 e. The molecule has 0 saturated heterocycles. The molecule has 0 aliphatic rings. The minimum absolute atomic E-state index is 0.214. The van der Waals surface area contributed by atoms with Crippen LogP contribution in [0.1, 0.15) is 27.2 Å². The first-order valence-corrected chi connectivity index (χ1v) is 4.10. The van der Waals surface area contributed by atoms with Crippen molar-refractivity contribution in [2.45, 2.75) is 32.8 Å². The van der Waals surface area contributed by atoms with Crippen LogP contribution in [0.4, 0.5) is 4.79 Å². The van der Waals surface area contributed by atoms with Gasteiger partial charge in [0.05, 0.1) is 12.9 Å². The van der Waals surface area contributed by atoms with Crippen molar-refractivity contribution in [3.8, 4) is 0 Å². The van der Waals surface area contributed by atoms with Crippen LogP contribution in [0.3, 0.4) is 0 Å². The maximum absolute atomic E-state index is 10.9. The summed E-state index contributed by atoms with van der Waals surface area (Å²) >= 11 is 0. The molecule has 0 spiro atoms. The third-order valence-electron chi connectivity index (χ3n) is 0.999. The highest BCUT2D eigenvalue weighted by molar-refractivity contribution is 5.60. The Kier molecular flexibility index (Phi) is 4.96. The van der Waals surface area contributed by atoms with Crippen LogP contribution in [-0.4, -0.2) is 23.5 Å². The van der Waals surface area contributed by atoms with Crippen LogP contribution in [0, 0.1) is 0 Å². The fourth-order valence-electron chi connectivity index (χ4n) is 0.564. The predicted octanol–water partition coefficient (Wildman–Crippen LogP) is 2.40. The van der Waals surface area contributed by atoms with E-state index in [-0.39, 0.29) is 6.61 Å². The summed E-state index contributed by atoms with van der Waals surface area (Å²) < 4.78 is 9.57. The van der Waals surface area contributed by atoms with Gasteiger partial charge in [0.1, 0.15) is 5.60 Å². The zero-order valence-electron chi connectivity index (χ0n) is 8.24. The first kappa shape index (κ1) is 11.8. The lowest BCUT2D eigenvalue weighted by Crippen LogP contribution is -2.24. The highest BCUT2D eigenvalue weighted by atomic mass is 16.7. The second-order valence-corrected chi connectivity index (χ2v) is 3.49. The Morgan fingerprint density at radius 3 is 2.54 bits per heavy atom. The van der Waals surface area contributed by atoms with E-state index in [9.17, 15) is 4.79 Å². The number of hydrogen-bond donors (Lipinski definition) is 1. The molecule has 0 saturated carbocycles. The van der Waals surface area contributed by atoms with Gasteiger partial charge in [-0.3, -0.25) is 0 Å². The average Bonchev–Trinajstić information content (AvgIpc) is 1.94. The van der Waals surface area contributed by atoms with Crippen molar-refractivity contribution < 1.29 is 19.4 Å². The number of carbonyl (C=O) groups is 1. The maximum Gasteiger partial charge on any atom is 0.508 e. The smallest absolute Gasteiger partial charge is 0.508 e. The number of carbonyl (C=O) groups excluding carboxylic acids is 1. The van der Waals surface area contributed by atoms with Crippen LogP contribution in [0.15, 0.2) is 12.3 Å². The monoisotopic (exact) mass is 188 g/mol. The van der Waals surface area contributed by atoms with E-state index in [0.717, 1.165) is 6.26 Å². The lowest BCUT2D eigenvalue weighted by molar-refractivity contribution is -0.00643. The quantitative estimate of drug-likeness (QED) is 0.419. The van der Waals surface area contributed by atoms with Crippen LogP contribution in [0.25, 0.3) is 0 Å². The summed E-state index contributed by atoms with van der Waals surface area (Å²) in [6.07, 6.45) is 2.21. The Hall–Kier alpha value is -1.19. The van der Waals surface area contributed by atoms with Gasteiger partial charge in [-0.1, -0.05) is 0 Å². The van der Waals surface area contributed by atoms with Crippen molar-refractivity contribution >= 4 is 6.16 Å². The molecule has 4 nitrogen and oxygen atoms in total. The number of rotatable bonds is 3. The SMILES string of the molecule is CC(C)(C)OC(=O)OCCC=CO. The van der Waals surface area contributed by atoms with Gasteiger partial charge in [0.25, 0.3) is 0 Å². The summed E-state index contributed by atoms with van der Waals surface area (Å²) in [7, 11) is 0. The van der Waals surface area contributed by atoms with Crippen LogP contribution in [0.5, 0.6) is 0 Å². The topological polar surface area (TPSA) is 55.8 Å². The summed E-state index contributed by atoms with van der Waals surface area (Å²) in [6.45, 7) is 5.51. The minimum atomic E-state index is -0.682. The molecule has 0 aliphatic carbocycles. The summed E-state index contributed by atoms with van der Waals surface area (Å²) in [5.74, 6) is 0. The largest absolute Gasteiger partial charge is 0.516 e. The molecule has 0 aromatic carbocycles. The number of aliphatic hydroxyl groups is 1. The van der Waals surface area contributed by atoms with Gasteiger partial charge in [-0.25, -0.2) is 4.79 Å². The van der Waals surface area contributed by atoms with Gasteiger partial charge < -0.3 is 14.6 Å². The number of ether oxygens (including phenoxy) is 2. The summed E-state index contributed by atoms with van der Waals surface area (Å²) in [5, 5.41) is 8.27. The molecule has 0 atom stereocenters. The number of aliphatic hydroxyl groups excluding tert-OH is 1. The van der Waals surface area contributed by atoms with E-state index < -0.39 is 11.8 Å². The summed E-state index contributed by atoms with van der Waals surface area (Å²) in [5.41, 5.74) is -0.524. The second kappa shape index (κ2) is 5.45. The second-order valence-electron chi connectivity index (χ2n) is 3.49. The van der Waals surface area contributed by atoms with E-state index >= 15 is 0 Å². The molecule has 4 heteroatoms. The Morgan fingerprint density at radius 2 is 2.08 bits per heavy atom. The zero-order chi connectivity index (χ0) is 10.3. The molecule has 0 aliphatic heterocycles. The molecular weight excluding hydrogens is 172 g/mol. The molecule has 0 bridgehead atoms. The van der Waals surface area contributed by atoms with Gasteiger partial charge in [0.2, 0.25) is 0 Å². The predicted molar refractivity (Wildman–Crippen MR) is 48.6 cm³/mol. The Balaban J connectivity index is 3.52. The van der Waals surface area contributed by atoms with Crippen LogP contribution in [-0.2, 0) is 9.47 Å². The van der Waals surface area contributed by atoms with Gasteiger partial charge in [-0.15, -0.1) is 0 Å². The average molecular weight is 188 g/mol. The first-order chi connectivity index (χ1) is 5.95. The lowest BCUT2D eigenvalue weighted by atomic mass is 10.2. The molecule has 76 valence electrons. The van der Waals surface area contributed by atoms with E-state index in [4.69, 9.17) is 14.6 Å². The lowest BCUT2D eigenvalue weighted by Gasteiger charge is -2.18. The standard InChI is InChI=1S/C9H16O4/c1-9(2,3)13-8(11)12-7-5-4-6-10/h4,6,10H,5,7H2,1-3H3. The van der Waals surface area contributed by atoms with Gasteiger partial charge in [-0.2, -0.15) is 0 Å². The van der Waals surface area contributed by atoms with Gasteiger partial charge >= 0.3 is 6.16 Å². The molecule has 0 rings (SSSR count). The van der Waals surface area contributed by atoms with Crippen molar-refractivity contribution in [3.05, 3.63) is 12.3 Å². The van der Waals surface area contributed by atoms with Crippen LogP contribution >= 0.6 is 0 Å². The van der Waals surface area contributed by atoms with Gasteiger partial charge in [0, 0.05) is 6.42 Å². The molecule has 0 fully saturated rings. The third-order valence-corrected chi connectivity index (χ3v) is 0.999. The van der Waals surface area contributed by atoms with Crippen LogP contribution < -0.4 is 0 Å². The van der Waals surface area contributed by atoms with Crippen molar-refractivity contribution in [1.29, 1.82) is 0 Å². The Morgan fingerprint density at radius 1 is 1.46 bits per heavy atom. The maximum atomic E-state index is 10.9. The normalized spacial score (nSPS) is 11.6. The zero-order valence-corrected chi connectivity index (χ0v) is 8.24. The van der Waals surface area contributed by atoms with Crippen molar-refractivity contribution in [2.75, 3.05) is 6.61 Å². The number of hydrogen-bond acceptors (Lipinski definition) is 4. The molecular formula is C9H16O4. The van der Waals surface area contributed by atoms with E-state index in [0.29, 0.717) is 6.42 Å². The highest BCUT2D eigenvalue weighted by Crippen LogP contribution is 2.07. The summed E-state index contributed by atoms with van der Waals surface area (Å²) in [4.78, 5) is 10.9. The molecule has 0 radical (unpaired) electrons. The molecule has 0 unspecified atom stereocenters. The first-order valence-electron chi connectivity index (χ1n) is 4.10. The van der Waals surface area contributed by atoms with E-state index in [2.05, 4.69) is 0 Å². The van der Waals surface area contributed by atoms with E-state index in [1.165, 1.54) is 6.08 Å². The van der Waals surface area contributed by atoms with Crippen LogP contribution in [0.2, 0.25) is 0 Å².